The Morgan fingerprint density at radius 3 is 2.50 bits per heavy atom. The minimum Gasteiger partial charge on any atom is -0.463 e. The van der Waals surface area contributed by atoms with Gasteiger partial charge in [-0.25, -0.2) is 0 Å². The first-order chi connectivity index (χ1) is 19.2. The molecular weight excluding hydrogens is 530 g/mol. The third-order valence-corrected chi connectivity index (χ3v) is 6.19. The molecule has 1 fully saturated rings. The minimum absolute atomic E-state index is 0.0613. The largest absolute Gasteiger partial charge is 0.463 e. The second-order valence-electron chi connectivity index (χ2n) is 9.23. The number of amides is 4. The van der Waals surface area contributed by atoms with E-state index in [1.165, 1.54) is 24.3 Å². The predicted octanol–water partition coefficient (Wildman–Crippen LogP) is -0.892. The molecule has 4 atom stereocenters. The molecular formula is C26H33N3O11. The number of carbonyl (C=O) groups excluding carboxylic acids is 5. The molecule has 1 aromatic rings. The second kappa shape index (κ2) is 15.1. The second-order valence-corrected chi connectivity index (χ2v) is 9.23. The number of carbonyl (C=O) groups is 5. The molecule has 0 aromatic heterocycles. The number of aliphatic hydroxyl groups is 3. The van der Waals surface area contributed by atoms with E-state index in [1.807, 2.05) is 0 Å². The highest BCUT2D eigenvalue weighted by molar-refractivity contribution is 6.12. The summed E-state index contributed by atoms with van der Waals surface area (Å²) in [7, 11) is 0. The first-order valence-electron chi connectivity index (χ1n) is 12.8. The van der Waals surface area contributed by atoms with Gasteiger partial charge in [0, 0.05) is 38.1 Å². The van der Waals surface area contributed by atoms with Gasteiger partial charge in [-0.3, -0.25) is 28.9 Å². The summed E-state index contributed by atoms with van der Waals surface area (Å²) < 4.78 is 15.6. The fourth-order valence-electron chi connectivity index (χ4n) is 4.01. The van der Waals surface area contributed by atoms with E-state index in [0.29, 0.717) is 31.4 Å². The smallest absolute Gasteiger partial charge is 0.293 e. The van der Waals surface area contributed by atoms with E-state index in [-0.39, 0.29) is 68.2 Å². The summed E-state index contributed by atoms with van der Waals surface area (Å²) in [4.78, 5) is 59.4. The maximum Gasteiger partial charge on any atom is 0.293 e. The van der Waals surface area contributed by atoms with Crippen molar-refractivity contribution in [3.05, 3.63) is 35.9 Å². The van der Waals surface area contributed by atoms with Crippen LogP contribution in [0.25, 0.3) is 0 Å². The number of imide groups is 1. The number of nitrogens with one attached hydrogen (secondary N) is 2. The minimum atomic E-state index is -1.55. The Bertz CT molecular complexity index is 1090. The lowest BCUT2D eigenvalue weighted by molar-refractivity contribution is -0.241. The zero-order valence-electron chi connectivity index (χ0n) is 21.7. The molecule has 14 heteroatoms. The maximum absolute atomic E-state index is 12.6. The fraction of sp³-hybridized carbons (Fsp3) is 0.500. The summed E-state index contributed by atoms with van der Waals surface area (Å²) in [5.41, 5.74) is 0.697. The zero-order valence-corrected chi connectivity index (χ0v) is 21.7. The molecule has 3 rings (SSSR count). The van der Waals surface area contributed by atoms with Gasteiger partial charge in [-0.1, -0.05) is 12.5 Å². The van der Waals surface area contributed by atoms with Gasteiger partial charge < -0.3 is 40.2 Å². The molecule has 2 aliphatic rings. The maximum atomic E-state index is 12.6. The van der Waals surface area contributed by atoms with Gasteiger partial charge in [-0.15, -0.1) is 0 Å². The molecule has 1 aromatic carbocycles. The van der Waals surface area contributed by atoms with Crippen LogP contribution in [0.4, 0.5) is 5.69 Å². The number of benzene rings is 1. The zero-order chi connectivity index (χ0) is 29.1. The average Bonchev–Trinajstić information content (AvgIpc) is 3.25. The highest BCUT2D eigenvalue weighted by Gasteiger charge is 2.39. The molecule has 1 saturated heterocycles. The first-order valence-corrected chi connectivity index (χ1v) is 12.8. The van der Waals surface area contributed by atoms with E-state index in [2.05, 4.69) is 10.6 Å². The van der Waals surface area contributed by atoms with Crippen LogP contribution in [0, 0.1) is 0 Å². The van der Waals surface area contributed by atoms with E-state index >= 15 is 0 Å². The SMILES string of the molecule is O=COCc1ccc(O[C@@H]2OC[C@H](O)[C@H](O)[C@H]2O)c(NC(=O)CCNC(=O)CCCCCN2C(=O)C=CC2=O)c1. The van der Waals surface area contributed by atoms with Crippen molar-refractivity contribution >= 4 is 35.8 Å². The van der Waals surface area contributed by atoms with Crippen molar-refractivity contribution in [2.75, 3.05) is 25.0 Å². The van der Waals surface area contributed by atoms with Crippen LogP contribution in [0.5, 0.6) is 5.75 Å². The van der Waals surface area contributed by atoms with Gasteiger partial charge in [-0.2, -0.15) is 0 Å². The van der Waals surface area contributed by atoms with Crippen molar-refractivity contribution in [2.45, 2.75) is 63.3 Å². The van der Waals surface area contributed by atoms with E-state index in [9.17, 15) is 39.3 Å². The quantitative estimate of drug-likeness (QED) is 0.101. The number of aliphatic hydroxyl groups excluding tert-OH is 3. The Balaban J connectivity index is 1.44. The molecule has 5 N–H and O–H groups in total. The third kappa shape index (κ3) is 8.84. The standard InChI is InChI=1S/C26H33N3O11/c30-15-38-13-16-5-6-19(40-26-25(37)24(36)18(31)14-39-26)17(12-16)28-21(33)9-10-27-20(32)4-2-1-3-11-29-22(34)7-8-23(29)35/h5-8,12,15,18,24-26,31,36-37H,1-4,9-11,13-14H2,(H,27,32)(H,28,33)/t18-,24-,25+,26-/m0/s1. The fourth-order valence-corrected chi connectivity index (χ4v) is 4.01. The summed E-state index contributed by atoms with van der Waals surface area (Å²) >= 11 is 0. The topological polar surface area (TPSA) is 201 Å². The Morgan fingerprint density at radius 2 is 1.77 bits per heavy atom. The Labute approximate surface area is 229 Å². The van der Waals surface area contributed by atoms with Crippen LogP contribution in [-0.4, -0.2) is 94.6 Å². The van der Waals surface area contributed by atoms with E-state index in [0.717, 1.165) is 4.90 Å². The number of nitrogens with zero attached hydrogens (tertiary/aromatic N) is 1. The lowest BCUT2D eigenvalue weighted by Gasteiger charge is -2.35. The molecule has 0 bridgehead atoms. The lowest BCUT2D eigenvalue weighted by atomic mass is 10.1. The Hall–Kier alpha value is -3.85. The van der Waals surface area contributed by atoms with Crippen molar-refractivity contribution < 1.29 is 53.5 Å². The molecule has 2 aliphatic heterocycles. The van der Waals surface area contributed by atoms with Crippen LogP contribution >= 0.6 is 0 Å². The molecule has 218 valence electrons. The first kappa shape index (κ1) is 30.7. The average molecular weight is 564 g/mol. The highest BCUT2D eigenvalue weighted by Crippen LogP contribution is 2.30. The van der Waals surface area contributed by atoms with E-state index in [4.69, 9.17) is 14.2 Å². The molecule has 40 heavy (non-hydrogen) atoms. The van der Waals surface area contributed by atoms with Gasteiger partial charge in [-0.05, 0) is 30.5 Å². The number of anilines is 1. The van der Waals surface area contributed by atoms with Crippen molar-refractivity contribution in [3.8, 4) is 5.75 Å². The van der Waals surface area contributed by atoms with Crippen LogP contribution in [0.2, 0.25) is 0 Å². The van der Waals surface area contributed by atoms with Gasteiger partial charge in [0.05, 0.1) is 12.3 Å². The normalized spacial score (nSPS) is 22.2. The molecule has 0 aliphatic carbocycles. The number of hydrogen-bond donors (Lipinski definition) is 5. The van der Waals surface area contributed by atoms with Crippen molar-refractivity contribution in [1.82, 2.24) is 10.2 Å². The third-order valence-electron chi connectivity index (χ3n) is 6.19. The molecule has 0 unspecified atom stereocenters. The van der Waals surface area contributed by atoms with Crippen molar-refractivity contribution in [1.29, 1.82) is 0 Å². The number of unbranched alkanes of at least 4 members (excludes halogenated alkanes) is 2. The predicted molar refractivity (Wildman–Crippen MR) is 136 cm³/mol. The monoisotopic (exact) mass is 563 g/mol. The van der Waals surface area contributed by atoms with Gasteiger partial charge in [0.1, 0.15) is 30.7 Å². The van der Waals surface area contributed by atoms with Crippen LogP contribution in [0.3, 0.4) is 0 Å². The summed E-state index contributed by atoms with van der Waals surface area (Å²) in [5.74, 6) is -1.29. The van der Waals surface area contributed by atoms with Crippen LogP contribution in [-0.2, 0) is 40.1 Å². The lowest BCUT2D eigenvalue weighted by Crippen LogP contribution is -2.54. The van der Waals surface area contributed by atoms with E-state index < -0.39 is 30.5 Å². The van der Waals surface area contributed by atoms with Gasteiger partial charge in [0.15, 0.2) is 0 Å². The van der Waals surface area contributed by atoms with Crippen LogP contribution in [0.15, 0.2) is 30.4 Å². The highest BCUT2D eigenvalue weighted by atomic mass is 16.7. The summed E-state index contributed by atoms with van der Waals surface area (Å²) in [5, 5.41) is 35.0. The Morgan fingerprint density at radius 1 is 1.02 bits per heavy atom. The molecule has 0 saturated carbocycles. The van der Waals surface area contributed by atoms with Crippen LogP contribution in [0.1, 0.15) is 37.7 Å². The van der Waals surface area contributed by atoms with Crippen molar-refractivity contribution in [2.24, 2.45) is 0 Å². The van der Waals surface area contributed by atoms with Crippen LogP contribution < -0.4 is 15.4 Å². The van der Waals surface area contributed by atoms with E-state index in [1.54, 1.807) is 6.07 Å². The summed E-state index contributed by atoms with van der Waals surface area (Å²) in [6.07, 6.45) is -1.25. The molecule has 14 nitrogen and oxygen atoms in total. The number of hydrogen-bond acceptors (Lipinski definition) is 11. The Kier molecular flexibility index (Phi) is 11.6. The molecule has 0 radical (unpaired) electrons. The molecule has 2 heterocycles. The number of rotatable bonds is 15. The summed E-state index contributed by atoms with van der Waals surface area (Å²) in [6.45, 7) is 0.292. The molecule has 4 amide bonds. The number of ether oxygens (including phenoxy) is 3. The van der Waals surface area contributed by atoms with Gasteiger partial charge in [0.2, 0.25) is 18.1 Å². The van der Waals surface area contributed by atoms with Gasteiger partial charge >= 0.3 is 0 Å². The molecule has 0 spiro atoms. The van der Waals surface area contributed by atoms with Crippen molar-refractivity contribution in [3.63, 3.8) is 0 Å². The van der Waals surface area contributed by atoms with Gasteiger partial charge in [0.25, 0.3) is 18.3 Å². The summed E-state index contributed by atoms with van der Waals surface area (Å²) in [6, 6.07) is 4.52.